The molecule has 5 nitrogen and oxygen atoms in total. The number of aromatic nitrogens is 1. The highest BCUT2D eigenvalue weighted by Crippen LogP contribution is 2.41. The van der Waals surface area contributed by atoms with Crippen LogP contribution in [0.15, 0.2) is 53.6 Å². The van der Waals surface area contributed by atoms with Crippen LogP contribution in [0.3, 0.4) is 0 Å². The van der Waals surface area contributed by atoms with Crippen LogP contribution in [0.4, 0.5) is 18.9 Å². The molecule has 0 aliphatic heterocycles. The van der Waals surface area contributed by atoms with Gasteiger partial charge in [-0.15, -0.1) is 0 Å². The first kappa shape index (κ1) is 23.5. The molecule has 1 N–H and O–H groups in total. The van der Waals surface area contributed by atoms with Crippen molar-refractivity contribution in [1.82, 2.24) is 4.98 Å². The van der Waals surface area contributed by atoms with Crippen LogP contribution in [0.5, 0.6) is 11.6 Å². The number of hydrogen-bond donors (Lipinski definition) is 1. The molecule has 31 heavy (non-hydrogen) atoms. The number of alkyl halides is 3. The van der Waals surface area contributed by atoms with Crippen molar-refractivity contribution in [2.24, 2.45) is 0 Å². The largest absolute Gasteiger partial charge is 0.434 e. The second-order valence-corrected chi connectivity index (χ2v) is 9.20. The molecule has 12 heteroatoms. The summed E-state index contributed by atoms with van der Waals surface area (Å²) in [7, 11) is -3.91. The maximum absolute atomic E-state index is 12.7. The highest BCUT2D eigenvalue weighted by Gasteiger charge is 2.32. The maximum atomic E-state index is 12.7. The summed E-state index contributed by atoms with van der Waals surface area (Å²) in [5.74, 6) is -0.512. The van der Waals surface area contributed by atoms with Gasteiger partial charge >= 0.3 is 6.18 Å². The van der Waals surface area contributed by atoms with Crippen molar-refractivity contribution in [3.8, 4) is 11.6 Å². The number of halogens is 6. The SMILES string of the molecule is Cc1ccc(S(=O)(=O)Nc2cc(Cl)c(Oc3ncc(C(F)(F)F)cc3Cl)c(Cl)c2)cc1. The van der Waals surface area contributed by atoms with Crippen molar-refractivity contribution < 1.29 is 26.3 Å². The summed E-state index contributed by atoms with van der Waals surface area (Å²) in [6, 6.07) is 9.28. The van der Waals surface area contributed by atoms with E-state index in [2.05, 4.69) is 9.71 Å². The molecular weight excluding hydrogens is 500 g/mol. The molecule has 0 aliphatic rings. The van der Waals surface area contributed by atoms with E-state index >= 15 is 0 Å². The molecule has 2 aromatic carbocycles. The normalized spacial score (nSPS) is 12.0. The molecule has 164 valence electrons. The maximum Gasteiger partial charge on any atom is 0.417 e. The van der Waals surface area contributed by atoms with E-state index in [9.17, 15) is 21.6 Å². The van der Waals surface area contributed by atoms with E-state index in [1.54, 1.807) is 12.1 Å². The average Bonchev–Trinajstić information content (AvgIpc) is 2.65. The van der Waals surface area contributed by atoms with E-state index in [0.29, 0.717) is 12.3 Å². The summed E-state index contributed by atoms with van der Waals surface area (Å²) in [6.45, 7) is 1.82. The number of hydrogen-bond acceptors (Lipinski definition) is 4. The van der Waals surface area contributed by atoms with Gasteiger partial charge in [0.05, 0.1) is 26.2 Å². The topological polar surface area (TPSA) is 68.3 Å². The molecule has 0 saturated heterocycles. The number of anilines is 1. The zero-order valence-corrected chi connectivity index (χ0v) is 18.6. The minimum atomic E-state index is -4.62. The number of ether oxygens (including phenoxy) is 1. The Balaban J connectivity index is 1.86. The Labute approximate surface area is 190 Å². The first-order valence-electron chi connectivity index (χ1n) is 8.36. The van der Waals surface area contributed by atoms with E-state index in [4.69, 9.17) is 39.5 Å². The molecule has 0 atom stereocenters. The van der Waals surface area contributed by atoms with E-state index in [1.165, 1.54) is 24.3 Å². The van der Waals surface area contributed by atoms with Crippen LogP contribution >= 0.6 is 34.8 Å². The van der Waals surface area contributed by atoms with E-state index < -0.39 is 26.8 Å². The van der Waals surface area contributed by atoms with Crippen LogP contribution in [0, 0.1) is 6.92 Å². The van der Waals surface area contributed by atoms with Gasteiger partial charge in [-0.25, -0.2) is 13.4 Å². The number of aryl methyl sites for hydroxylation is 1. The van der Waals surface area contributed by atoms with Gasteiger partial charge in [-0.1, -0.05) is 52.5 Å². The third-order valence-corrected chi connectivity index (χ3v) is 6.14. The number of benzene rings is 2. The Bertz CT molecular complexity index is 1210. The van der Waals surface area contributed by atoms with Crippen LogP contribution in [0.25, 0.3) is 0 Å². The van der Waals surface area contributed by atoms with Crippen molar-refractivity contribution in [3.63, 3.8) is 0 Å². The molecule has 0 radical (unpaired) electrons. The lowest BCUT2D eigenvalue weighted by Crippen LogP contribution is -2.13. The quantitative estimate of drug-likeness (QED) is 0.402. The molecule has 0 spiro atoms. The van der Waals surface area contributed by atoms with E-state index in [-0.39, 0.29) is 32.3 Å². The second kappa shape index (κ2) is 8.74. The van der Waals surface area contributed by atoms with E-state index in [1.807, 2.05) is 6.92 Å². The third-order valence-electron chi connectivity index (χ3n) is 3.92. The van der Waals surface area contributed by atoms with Crippen LogP contribution in [-0.4, -0.2) is 13.4 Å². The summed E-state index contributed by atoms with van der Waals surface area (Å²) >= 11 is 18.1. The van der Waals surface area contributed by atoms with Crippen LogP contribution in [0.2, 0.25) is 15.1 Å². The lowest BCUT2D eigenvalue weighted by molar-refractivity contribution is -0.137. The Hall–Kier alpha value is -2.20. The fourth-order valence-corrected chi connectivity index (χ4v) is 4.21. The average molecular weight is 512 g/mol. The number of pyridine rings is 1. The minimum Gasteiger partial charge on any atom is -0.434 e. The molecule has 0 amide bonds. The lowest BCUT2D eigenvalue weighted by atomic mass is 10.2. The van der Waals surface area contributed by atoms with Gasteiger partial charge in [-0.3, -0.25) is 4.72 Å². The molecule has 1 aromatic heterocycles. The van der Waals surface area contributed by atoms with Gasteiger partial charge < -0.3 is 4.74 Å². The minimum absolute atomic E-state index is 0.0337. The van der Waals surface area contributed by atoms with E-state index in [0.717, 1.165) is 5.56 Å². The third kappa shape index (κ3) is 5.54. The Morgan fingerprint density at radius 2 is 1.55 bits per heavy atom. The summed E-state index contributed by atoms with van der Waals surface area (Å²) < 4.78 is 71.0. The second-order valence-electron chi connectivity index (χ2n) is 6.30. The summed E-state index contributed by atoms with van der Waals surface area (Å²) in [5, 5.41) is -0.648. The summed E-state index contributed by atoms with van der Waals surface area (Å²) in [4.78, 5) is 3.58. The zero-order valence-electron chi connectivity index (χ0n) is 15.5. The Morgan fingerprint density at radius 1 is 0.968 bits per heavy atom. The van der Waals surface area contributed by atoms with Gasteiger partial charge in [0.2, 0.25) is 5.88 Å². The highest BCUT2D eigenvalue weighted by atomic mass is 35.5. The highest BCUT2D eigenvalue weighted by molar-refractivity contribution is 7.92. The van der Waals surface area contributed by atoms with Crippen molar-refractivity contribution in [2.45, 2.75) is 18.0 Å². The van der Waals surface area contributed by atoms with Gasteiger partial charge in [0.15, 0.2) is 5.75 Å². The molecule has 0 unspecified atom stereocenters. The van der Waals surface area contributed by atoms with Crippen molar-refractivity contribution in [2.75, 3.05) is 4.72 Å². The van der Waals surface area contributed by atoms with Crippen LogP contribution in [-0.2, 0) is 16.2 Å². The Kier molecular flexibility index (Phi) is 6.61. The molecule has 0 bridgehead atoms. The fraction of sp³-hybridized carbons (Fsp3) is 0.105. The molecule has 0 saturated carbocycles. The van der Waals surface area contributed by atoms with Crippen molar-refractivity contribution >= 4 is 50.5 Å². The van der Waals surface area contributed by atoms with Crippen LogP contribution in [0.1, 0.15) is 11.1 Å². The van der Waals surface area contributed by atoms with Gasteiger partial charge in [0.1, 0.15) is 5.02 Å². The van der Waals surface area contributed by atoms with Crippen molar-refractivity contribution in [3.05, 3.63) is 74.9 Å². The van der Waals surface area contributed by atoms with Gasteiger partial charge in [-0.2, -0.15) is 13.2 Å². The number of nitrogens with one attached hydrogen (secondary N) is 1. The first-order chi connectivity index (χ1) is 14.4. The fourth-order valence-electron chi connectivity index (χ4n) is 2.40. The zero-order chi connectivity index (χ0) is 23.0. The predicted molar refractivity (Wildman–Crippen MR) is 113 cm³/mol. The molecule has 1 heterocycles. The summed E-state index contributed by atoms with van der Waals surface area (Å²) in [5.41, 5.74) is -0.112. The number of rotatable bonds is 5. The molecule has 0 aliphatic carbocycles. The lowest BCUT2D eigenvalue weighted by Gasteiger charge is -2.14. The standard InChI is InChI=1S/C19H12Cl3F3N2O3S/c1-10-2-4-13(5-3-10)31(28,29)27-12-7-14(20)17(15(21)8-12)30-18-16(22)6-11(9-26-18)19(23,24)25/h2-9,27H,1H3. The molecule has 3 rings (SSSR count). The van der Waals surface area contributed by atoms with Crippen LogP contribution < -0.4 is 9.46 Å². The first-order valence-corrected chi connectivity index (χ1v) is 11.0. The molecular formula is C19H12Cl3F3N2O3S. The van der Waals surface area contributed by atoms with Crippen molar-refractivity contribution in [1.29, 1.82) is 0 Å². The van der Waals surface area contributed by atoms with Gasteiger partial charge in [0, 0.05) is 6.20 Å². The predicted octanol–water partition coefficient (Wildman–Crippen LogP) is 6.96. The summed E-state index contributed by atoms with van der Waals surface area (Å²) in [6.07, 6.45) is -4.08. The number of nitrogens with zero attached hydrogens (tertiary/aromatic N) is 1. The van der Waals surface area contributed by atoms with Gasteiger partial charge in [-0.05, 0) is 37.3 Å². The number of sulfonamides is 1. The van der Waals surface area contributed by atoms with Gasteiger partial charge in [0.25, 0.3) is 10.0 Å². The monoisotopic (exact) mass is 510 g/mol. The Morgan fingerprint density at radius 3 is 2.06 bits per heavy atom. The smallest absolute Gasteiger partial charge is 0.417 e. The molecule has 3 aromatic rings. The molecule has 0 fully saturated rings.